The lowest BCUT2D eigenvalue weighted by atomic mass is 9.91. The fourth-order valence-electron chi connectivity index (χ4n) is 1.69. The smallest absolute Gasteiger partial charge is 0.116 e. The zero-order chi connectivity index (χ0) is 12.5. The minimum Gasteiger partial charge on any atom is -0.508 e. The molecule has 2 nitrogen and oxygen atoms in total. The first-order valence-corrected chi connectivity index (χ1v) is 5.73. The largest absolute Gasteiger partial charge is 0.508 e. The molecular weight excluding hydrogens is 210 g/mol. The predicted octanol–water partition coefficient (Wildman–Crippen LogP) is 3.75. The fraction of sp³-hybridized carbons (Fsp3) is 0.267. The Bertz CT molecular complexity index is 509. The zero-order valence-corrected chi connectivity index (χ0v) is 10.4. The van der Waals surface area contributed by atoms with E-state index in [-0.39, 0.29) is 11.2 Å². The number of phenolic OH excluding ortho intramolecular Hbond substituents is 1. The molecule has 2 aromatic rings. The second-order valence-electron chi connectivity index (χ2n) is 5.23. The van der Waals surface area contributed by atoms with Gasteiger partial charge in [-0.3, -0.25) is 4.98 Å². The second kappa shape index (κ2) is 4.21. The van der Waals surface area contributed by atoms with Crippen molar-refractivity contribution in [2.24, 2.45) is 0 Å². The van der Waals surface area contributed by atoms with E-state index in [1.165, 1.54) is 0 Å². The number of rotatable bonds is 1. The Balaban J connectivity index is 2.36. The molecule has 0 saturated carbocycles. The zero-order valence-electron chi connectivity index (χ0n) is 10.4. The molecule has 88 valence electrons. The highest BCUT2D eigenvalue weighted by Gasteiger charge is 2.14. The highest BCUT2D eigenvalue weighted by molar-refractivity contribution is 5.64. The third kappa shape index (κ3) is 2.64. The summed E-state index contributed by atoms with van der Waals surface area (Å²) in [4.78, 5) is 4.47. The van der Waals surface area contributed by atoms with Gasteiger partial charge in [-0.15, -0.1) is 0 Å². The number of aromatic hydroxyl groups is 1. The van der Waals surface area contributed by atoms with Crippen LogP contribution in [0.15, 0.2) is 42.6 Å². The topological polar surface area (TPSA) is 33.1 Å². The molecule has 0 unspecified atom stereocenters. The molecule has 1 heterocycles. The summed E-state index contributed by atoms with van der Waals surface area (Å²) in [6, 6.07) is 11.3. The molecule has 1 aromatic carbocycles. The van der Waals surface area contributed by atoms with Crippen molar-refractivity contribution in [3.05, 3.63) is 48.3 Å². The Labute approximate surface area is 102 Å². The summed E-state index contributed by atoms with van der Waals surface area (Å²) in [6.45, 7) is 6.43. The van der Waals surface area contributed by atoms with Crippen LogP contribution in [-0.2, 0) is 5.41 Å². The Morgan fingerprint density at radius 2 is 1.76 bits per heavy atom. The van der Waals surface area contributed by atoms with Crippen LogP contribution in [0.5, 0.6) is 5.75 Å². The van der Waals surface area contributed by atoms with Gasteiger partial charge in [-0.25, -0.2) is 0 Å². The van der Waals surface area contributed by atoms with Gasteiger partial charge < -0.3 is 5.11 Å². The molecule has 0 aliphatic carbocycles. The van der Waals surface area contributed by atoms with E-state index in [0.29, 0.717) is 0 Å². The van der Waals surface area contributed by atoms with Crippen LogP contribution >= 0.6 is 0 Å². The molecular formula is C15H17NO. The van der Waals surface area contributed by atoms with Crippen molar-refractivity contribution in [1.29, 1.82) is 0 Å². The molecule has 0 bridgehead atoms. The van der Waals surface area contributed by atoms with E-state index in [4.69, 9.17) is 0 Å². The number of hydrogen-bond acceptors (Lipinski definition) is 2. The van der Waals surface area contributed by atoms with Crippen LogP contribution in [0.2, 0.25) is 0 Å². The van der Waals surface area contributed by atoms with Crippen LogP contribution in [0.4, 0.5) is 0 Å². The highest BCUT2D eigenvalue weighted by Crippen LogP contribution is 2.25. The van der Waals surface area contributed by atoms with Gasteiger partial charge in [0, 0.05) is 22.9 Å². The molecule has 0 aliphatic heterocycles. The van der Waals surface area contributed by atoms with Crippen LogP contribution in [0.25, 0.3) is 11.1 Å². The lowest BCUT2D eigenvalue weighted by Gasteiger charge is -2.17. The summed E-state index contributed by atoms with van der Waals surface area (Å²) in [5.74, 6) is 0.280. The van der Waals surface area contributed by atoms with Crippen molar-refractivity contribution < 1.29 is 5.11 Å². The van der Waals surface area contributed by atoms with E-state index in [0.717, 1.165) is 16.8 Å². The van der Waals surface area contributed by atoms with Crippen molar-refractivity contribution >= 4 is 0 Å². The van der Waals surface area contributed by atoms with Gasteiger partial charge in [0.1, 0.15) is 5.75 Å². The van der Waals surface area contributed by atoms with Gasteiger partial charge in [0.2, 0.25) is 0 Å². The van der Waals surface area contributed by atoms with Crippen LogP contribution in [0.1, 0.15) is 26.5 Å². The first-order valence-electron chi connectivity index (χ1n) is 5.73. The van der Waals surface area contributed by atoms with Crippen molar-refractivity contribution in [2.75, 3.05) is 0 Å². The summed E-state index contributed by atoms with van der Waals surface area (Å²) < 4.78 is 0. The van der Waals surface area contributed by atoms with Crippen molar-refractivity contribution in [1.82, 2.24) is 4.98 Å². The third-order valence-electron chi connectivity index (χ3n) is 2.71. The first kappa shape index (κ1) is 11.6. The molecule has 0 atom stereocenters. The van der Waals surface area contributed by atoms with Gasteiger partial charge in [0.25, 0.3) is 0 Å². The minimum atomic E-state index is 0.0668. The standard InChI is InChI=1S/C15H17NO/c1-15(2,3)14-8-7-12(10-16-14)11-5-4-6-13(17)9-11/h4-10,17H,1-3H3. The minimum absolute atomic E-state index is 0.0668. The van der Waals surface area contributed by atoms with E-state index in [1.54, 1.807) is 12.1 Å². The summed E-state index contributed by atoms with van der Waals surface area (Å²) in [7, 11) is 0. The van der Waals surface area contributed by atoms with E-state index in [9.17, 15) is 5.11 Å². The molecule has 0 spiro atoms. The van der Waals surface area contributed by atoms with Crippen molar-refractivity contribution in [3.8, 4) is 16.9 Å². The molecule has 17 heavy (non-hydrogen) atoms. The Hall–Kier alpha value is -1.83. The molecule has 2 heteroatoms. The monoisotopic (exact) mass is 227 g/mol. The van der Waals surface area contributed by atoms with Crippen LogP contribution in [0, 0.1) is 0 Å². The average Bonchev–Trinajstić information content (AvgIpc) is 2.28. The molecule has 0 saturated heterocycles. The van der Waals surface area contributed by atoms with Gasteiger partial charge in [0.05, 0.1) is 0 Å². The SMILES string of the molecule is CC(C)(C)c1ccc(-c2cccc(O)c2)cn1. The van der Waals surface area contributed by atoms with Crippen LogP contribution in [0.3, 0.4) is 0 Å². The first-order chi connectivity index (χ1) is 7.97. The Morgan fingerprint density at radius 3 is 2.29 bits per heavy atom. The summed E-state index contributed by atoms with van der Waals surface area (Å²) >= 11 is 0. The van der Waals surface area contributed by atoms with Crippen molar-refractivity contribution in [2.45, 2.75) is 26.2 Å². The van der Waals surface area contributed by atoms with E-state index in [1.807, 2.05) is 30.5 Å². The third-order valence-corrected chi connectivity index (χ3v) is 2.71. The molecule has 1 N–H and O–H groups in total. The number of nitrogens with zero attached hydrogens (tertiary/aromatic N) is 1. The number of pyridine rings is 1. The van der Waals surface area contributed by atoms with Crippen molar-refractivity contribution in [3.63, 3.8) is 0 Å². The molecule has 2 rings (SSSR count). The summed E-state index contributed by atoms with van der Waals surface area (Å²) in [6.07, 6.45) is 1.86. The Kier molecular flexibility index (Phi) is 2.88. The lowest BCUT2D eigenvalue weighted by Crippen LogP contribution is -2.12. The van der Waals surface area contributed by atoms with Gasteiger partial charge in [-0.2, -0.15) is 0 Å². The number of aromatic nitrogens is 1. The average molecular weight is 227 g/mol. The van der Waals surface area contributed by atoms with Crippen LogP contribution < -0.4 is 0 Å². The van der Waals surface area contributed by atoms with E-state index < -0.39 is 0 Å². The maximum absolute atomic E-state index is 9.44. The van der Waals surface area contributed by atoms with Gasteiger partial charge >= 0.3 is 0 Å². The van der Waals surface area contributed by atoms with Crippen LogP contribution in [-0.4, -0.2) is 10.1 Å². The predicted molar refractivity (Wildman–Crippen MR) is 70.0 cm³/mol. The quantitative estimate of drug-likeness (QED) is 0.804. The molecule has 0 amide bonds. The number of benzene rings is 1. The van der Waals surface area contributed by atoms with E-state index >= 15 is 0 Å². The second-order valence-corrected chi connectivity index (χ2v) is 5.23. The highest BCUT2D eigenvalue weighted by atomic mass is 16.3. The molecule has 0 radical (unpaired) electrons. The number of hydrogen-bond donors (Lipinski definition) is 1. The van der Waals surface area contributed by atoms with Gasteiger partial charge in [-0.1, -0.05) is 39.0 Å². The molecule has 0 aliphatic rings. The molecule has 1 aromatic heterocycles. The van der Waals surface area contributed by atoms with Gasteiger partial charge in [0.15, 0.2) is 0 Å². The maximum atomic E-state index is 9.44. The summed E-state index contributed by atoms with van der Waals surface area (Å²) in [5, 5.41) is 9.44. The lowest BCUT2D eigenvalue weighted by molar-refractivity contribution is 0.475. The summed E-state index contributed by atoms with van der Waals surface area (Å²) in [5.41, 5.74) is 3.14. The number of phenols is 1. The molecule has 0 fully saturated rings. The Morgan fingerprint density at radius 1 is 1.00 bits per heavy atom. The van der Waals surface area contributed by atoms with Gasteiger partial charge in [-0.05, 0) is 23.8 Å². The normalized spacial score (nSPS) is 11.5. The maximum Gasteiger partial charge on any atom is 0.116 e. The fourth-order valence-corrected chi connectivity index (χ4v) is 1.69. The van der Waals surface area contributed by atoms with E-state index in [2.05, 4.69) is 25.8 Å².